The fourth-order valence-corrected chi connectivity index (χ4v) is 3.29. The minimum atomic E-state index is -0.261. The number of benzene rings is 2. The Hall–Kier alpha value is -2.07. The number of rotatable bonds is 5. The average Bonchev–Trinajstić information content (AvgIpc) is 2.61. The van der Waals surface area contributed by atoms with Gasteiger partial charge in [-0.15, -0.1) is 0 Å². The van der Waals surface area contributed by atoms with E-state index in [1.807, 2.05) is 0 Å². The van der Waals surface area contributed by atoms with Crippen molar-refractivity contribution in [1.82, 2.24) is 0 Å². The number of anilines is 1. The van der Waals surface area contributed by atoms with Crippen LogP contribution >= 0.6 is 11.6 Å². The molecule has 3 rings (SSSR count). The molecule has 0 heterocycles. The monoisotopic (exact) mass is 361 g/mol. The lowest BCUT2D eigenvalue weighted by molar-refractivity contribution is -0.117. The Morgan fingerprint density at radius 2 is 1.68 bits per heavy atom. The molecule has 0 aromatic heterocycles. The van der Waals surface area contributed by atoms with Gasteiger partial charge in [-0.25, -0.2) is 4.39 Å². The molecule has 3 nitrogen and oxygen atoms in total. The van der Waals surface area contributed by atoms with Crippen LogP contribution in [-0.2, 0) is 4.79 Å². The second-order valence-electron chi connectivity index (χ2n) is 6.47. The van der Waals surface area contributed by atoms with E-state index in [1.54, 1.807) is 36.4 Å². The molecule has 25 heavy (non-hydrogen) atoms. The van der Waals surface area contributed by atoms with Gasteiger partial charge in [0.25, 0.3) is 0 Å². The molecule has 1 fully saturated rings. The lowest BCUT2D eigenvalue weighted by atomic mass is 9.85. The van der Waals surface area contributed by atoms with Gasteiger partial charge in [-0.3, -0.25) is 4.79 Å². The van der Waals surface area contributed by atoms with E-state index in [9.17, 15) is 9.18 Å². The predicted octanol–water partition coefficient (Wildman–Crippen LogP) is 5.45. The van der Waals surface area contributed by atoms with E-state index >= 15 is 0 Å². The average molecular weight is 362 g/mol. The summed E-state index contributed by atoms with van der Waals surface area (Å²) in [5, 5.41) is 3.56. The van der Waals surface area contributed by atoms with Crippen molar-refractivity contribution in [1.29, 1.82) is 0 Å². The van der Waals surface area contributed by atoms with Gasteiger partial charge in [0, 0.05) is 17.1 Å². The second-order valence-corrected chi connectivity index (χ2v) is 6.91. The van der Waals surface area contributed by atoms with Crippen molar-refractivity contribution in [2.45, 2.75) is 38.2 Å². The maximum Gasteiger partial charge on any atom is 0.224 e. The van der Waals surface area contributed by atoms with Crippen molar-refractivity contribution in [3.63, 3.8) is 0 Å². The largest absolute Gasteiger partial charge is 0.490 e. The van der Waals surface area contributed by atoms with Crippen LogP contribution in [0.25, 0.3) is 0 Å². The van der Waals surface area contributed by atoms with Crippen molar-refractivity contribution in [2.24, 2.45) is 5.92 Å². The Kier molecular flexibility index (Phi) is 5.92. The minimum absolute atomic E-state index is 0.0326. The summed E-state index contributed by atoms with van der Waals surface area (Å²) >= 11 is 5.84. The smallest absolute Gasteiger partial charge is 0.224 e. The summed E-state index contributed by atoms with van der Waals surface area (Å²) in [5.41, 5.74) is 0.766. The Morgan fingerprint density at radius 1 is 1.04 bits per heavy atom. The van der Waals surface area contributed by atoms with E-state index < -0.39 is 0 Å². The van der Waals surface area contributed by atoms with Gasteiger partial charge < -0.3 is 10.1 Å². The molecule has 0 radical (unpaired) electrons. The third-order valence-corrected chi connectivity index (χ3v) is 4.76. The predicted molar refractivity (Wildman–Crippen MR) is 97.5 cm³/mol. The maximum atomic E-state index is 12.9. The normalized spacial score (nSPS) is 20.1. The Bertz CT molecular complexity index is 695. The van der Waals surface area contributed by atoms with E-state index in [-0.39, 0.29) is 17.8 Å². The first-order valence-corrected chi connectivity index (χ1v) is 8.94. The lowest BCUT2D eigenvalue weighted by Gasteiger charge is -2.28. The topological polar surface area (TPSA) is 38.3 Å². The number of hydrogen-bond acceptors (Lipinski definition) is 2. The molecule has 1 amide bonds. The fourth-order valence-electron chi connectivity index (χ4n) is 3.17. The molecular formula is C20H21ClFNO2. The van der Waals surface area contributed by atoms with E-state index in [0.29, 0.717) is 23.1 Å². The highest BCUT2D eigenvalue weighted by molar-refractivity contribution is 6.30. The zero-order valence-electron chi connectivity index (χ0n) is 13.9. The highest BCUT2D eigenvalue weighted by atomic mass is 35.5. The van der Waals surface area contributed by atoms with Gasteiger partial charge in [0.2, 0.25) is 5.91 Å². The standard InChI is InChI=1S/C20H21ClFNO2/c21-15-3-7-17(8-4-15)23-20(24)13-14-1-9-18(10-2-14)25-19-11-5-16(22)6-12-19/h3-8,11-12,14,18H,1-2,9-10,13H2,(H,23,24)/t14-,18+. The number of hydrogen-bond donors (Lipinski definition) is 1. The molecule has 2 aromatic carbocycles. The molecule has 1 aliphatic rings. The SMILES string of the molecule is O=C(C[C@H]1CC[C@@H](Oc2ccc(F)cc2)CC1)Nc1ccc(Cl)cc1. The van der Waals surface area contributed by atoms with Crippen LogP contribution in [0.1, 0.15) is 32.1 Å². The summed E-state index contributed by atoms with van der Waals surface area (Å²) in [7, 11) is 0. The van der Waals surface area contributed by atoms with Crippen LogP contribution in [0.5, 0.6) is 5.75 Å². The molecule has 132 valence electrons. The van der Waals surface area contributed by atoms with Crippen molar-refractivity contribution in [2.75, 3.05) is 5.32 Å². The zero-order valence-corrected chi connectivity index (χ0v) is 14.6. The number of carbonyl (C=O) groups is 1. The lowest BCUT2D eigenvalue weighted by Crippen LogP contribution is -2.26. The molecular weight excluding hydrogens is 341 g/mol. The van der Waals surface area contributed by atoms with E-state index in [0.717, 1.165) is 31.4 Å². The van der Waals surface area contributed by atoms with Gasteiger partial charge in [-0.05, 0) is 80.1 Å². The van der Waals surface area contributed by atoms with Crippen molar-refractivity contribution < 1.29 is 13.9 Å². The van der Waals surface area contributed by atoms with Crippen LogP contribution in [0.15, 0.2) is 48.5 Å². The molecule has 1 aliphatic carbocycles. The molecule has 0 unspecified atom stereocenters. The molecule has 0 saturated heterocycles. The van der Waals surface area contributed by atoms with Crippen LogP contribution in [0.3, 0.4) is 0 Å². The van der Waals surface area contributed by atoms with Crippen LogP contribution in [-0.4, -0.2) is 12.0 Å². The molecule has 0 bridgehead atoms. The zero-order chi connectivity index (χ0) is 17.6. The van der Waals surface area contributed by atoms with Crippen LogP contribution in [0.2, 0.25) is 5.02 Å². The Balaban J connectivity index is 1.42. The van der Waals surface area contributed by atoms with Gasteiger partial charge in [0.05, 0.1) is 6.10 Å². The third kappa shape index (κ3) is 5.46. The summed E-state index contributed by atoms with van der Waals surface area (Å²) in [6.45, 7) is 0. The molecule has 2 aromatic rings. The first-order chi connectivity index (χ1) is 12.1. The van der Waals surface area contributed by atoms with E-state index in [2.05, 4.69) is 5.32 Å². The quantitative estimate of drug-likeness (QED) is 0.769. The Morgan fingerprint density at radius 3 is 2.32 bits per heavy atom. The van der Waals surface area contributed by atoms with Gasteiger partial charge in [-0.2, -0.15) is 0 Å². The van der Waals surface area contributed by atoms with E-state index in [1.165, 1.54) is 12.1 Å². The molecule has 0 aliphatic heterocycles. The van der Waals surface area contributed by atoms with Gasteiger partial charge in [-0.1, -0.05) is 11.6 Å². The van der Waals surface area contributed by atoms with E-state index in [4.69, 9.17) is 16.3 Å². The highest BCUT2D eigenvalue weighted by Gasteiger charge is 2.24. The van der Waals surface area contributed by atoms with Gasteiger partial charge >= 0.3 is 0 Å². The fraction of sp³-hybridized carbons (Fsp3) is 0.350. The molecule has 1 N–H and O–H groups in total. The maximum absolute atomic E-state index is 12.9. The molecule has 0 spiro atoms. The summed E-state index contributed by atoms with van der Waals surface area (Å²) in [6, 6.07) is 13.2. The van der Waals surface area contributed by atoms with Crippen LogP contribution in [0, 0.1) is 11.7 Å². The number of carbonyl (C=O) groups excluding carboxylic acids is 1. The summed E-state index contributed by atoms with van der Waals surface area (Å²) in [6.07, 6.45) is 4.40. The summed E-state index contributed by atoms with van der Waals surface area (Å²) in [4.78, 5) is 12.2. The number of nitrogens with one attached hydrogen (secondary N) is 1. The number of ether oxygens (including phenoxy) is 1. The van der Waals surface area contributed by atoms with Crippen molar-refractivity contribution in [3.05, 3.63) is 59.4 Å². The van der Waals surface area contributed by atoms with Crippen molar-refractivity contribution in [3.8, 4) is 5.75 Å². The second kappa shape index (κ2) is 8.34. The summed E-state index contributed by atoms with van der Waals surface area (Å²) < 4.78 is 18.8. The molecule has 1 saturated carbocycles. The van der Waals surface area contributed by atoms with Crippen LogP contribution in [0.4, 0.5) is 10.1 Å². The number of amides is 1. The first-order valence-electron chi connectivity index (χ1n) is 8.56. The molecule has 5 heteroatoms. The Labute approximate surface area is 152 Å². The first kappa shape index (κ1) is 17.7. The number of halogens is 2. The summed E-state index contributed by atoms with van der Waals surface area (Å²) in [5.74, 6) is 0.846. The molecule has 0 atom stereocenters. The minimum Gasteiger partial charge on any atom is -0.490 e. The highest BCUT2D eigenvalue weighted by Crippen LogP contribution is 2.30. The third-order valence-electron chi connectivity index (χ3n) is 4.51. The van der Waals surface area contributed by atoms with Gasteiger partial charge in [0.1, 0.15) is 11.6 Å². The van der Waals surface area contributed by atoms with Crippen LogP contribution < -0.4 is 10.1 Å². The van der Waals surface area contributed by atoms with Gasteiger partial charge in [0.15, 0.2) is 0 Å². The van der Waals surface area contributed by atoms with Crippen molar-refractivity contribution >= 4 is 23.2 Å².